The van der Waals surface area contributed by atoms with Crippen LogP contribution in [0.15, 0.2) is 140 Å². The molecule has 258 valence electrons. The Bertz CT molecular complexity index is 3120. The first-order valence-electron chi connectivity index (χ1n) is 19.3. The van der Waals surface area contributed by atoms with Gasteiger partial charge in [0.25, 0.3) is 0 Å². The molecule has 2 unspecified atom stereocenters. The van der Waals surface area contributed by atoms with E-state index in [1.165, 1.54) is 107 Å². The lowest BCUT2D eigenvalue weighted by molar-refractivity contribution is 0.391. The first kappa shape index (κ1) is 31.1. The summed E-state index contributed by atoms with van der Waals surface area (Å²) in [5.41, 5.74) is 16.8. The molecule has 2 atom stereocenters. The molecule has 3 aliphatic carbocycles. The van der Waals surface area contributed by atoms with E-state index in [1.54, 1.807) is 0 Å². The molecule has 2 heterocycles. The molecule has 0 radical (unpaired) electrons. The third kappa shape index (κ3) is 3.98. The number of hydrogen-bond acceptors (Lipinski definition) is 2. The molecule has 0 saturated carbocycles. The summed E-state index contributed by atoms with van der Waals surface area (Å²) in [4.78, 5) is 0. The smallest absolute Gasteiger partial charge is 0.0361 e. The predicted molar refractivity (Wildman–Crippen MR) is 234 cm³/mol. The Morgan fingerprint density at radius 1 is 0.481 bits per heavy atom. The van der Waals surface area contributed by atoms with Gasteiger partial charge in [-0.1, -0.05) is 143 Å². The van der Waals surface area contributed by atoms with Gasteiger partial charge in [-0.25, -0.2) is 0 Å². The van der Waals surface area contributed by atoms with Crippen molar-refractivity contribution in [2.75, 3.05) is 0 Å². The van der Waals surface area contributed by atoms with Gasteiger partial charge in [-0.3, -0.25) is 0 Å². The van der Waals surface area contributed by atoms with Crippen LogP contribution in [0.4, 0.5) is 0 Å². The van der Waals surface area contributed by atoms with Crippen molar-refractivity contribution in [3.05, 3.63) is 173 Å². The van der Waals surface area contributed by atoms with E-state index < -0.39 is 0 Å². The molecular formula is C52H38S2. The average molecular weight is 727 g/mol. The molecule has 12 rings (SSSR count). The second-order valence-electron chi connectivity index (χ2n) is 16.8. The maximum atomic E-state index is 2.56. The third-order valence-electron chi connectivity index (χ3n) is 13.4. The second-order valence-corrected chi connectivity index (χ2v) is 19.0. The quantitative estimate of drug-likeness (QED) is 0.166. The van der Waals surface area contributed by atoms with Crippen LogP contribution in [-0.4, -0.2) is 0 Å². The van der Waals surface area contributed by atoms with Crippen molar-refractivity contribution in [3.63, 3.8) is 0 Å². The largest absolute Gasteiger partial charge is 0.135 e. The minimum atomic E-state index is -0.0976. The minimum absolute atomic E-state index is 0.00670. The Labute approximate surface area is 324 Å². The van der Waals surface area contributed by atoms with Crippen LogP contribution < -0.4 is 0 Å². The number of allylic oxidation sites excluding steroid dienone is 1. The zero-order valence-electron chi connectivity index (χ0n) is 30.8. The van der Waals surface area contributed by atoms with Crippen LogP contribution in [0.2, 0.25) is 0 Å². The summed E-state index contributed by atoms with van der Waals surface area (Å²) in [7, 11) is 0. The molecule has 7 aromatic carbocycles. The molecule has 54 heavy (non-hydrogen) atoms. The number of fused-ring (bicyclic) bond motifs is 15. The summed E-state index contributed by atoms with van der Waals surface area (Å²) in [5, 5.41) is 5.48. The van der Waals surface area contributed by atoms with Gasteiger partial charge in [0.1, 0.15) is 0 Å². The van der Waals surface area contributed by atoms with Crippen LogP contribution in [0.5, 0.6) is 0 Å². The summed E-state index contributed by atoms with van der Waals surface area (Å²) >= 11 is 3.80. The van der Waals surface area contributed by atoms with Crippen molar-refractivity contribution < 1.29 is 0 Å². The number of rotatable bonds is 2. The van der Waals surface area contributed by atoms with Crippen molar-refractivity contribution >= 4 is 69.1 Å². The van der Waals surface area contributed by atoms with E-state index in [-0.39, 0.29) is 10.8 Å². The molecule has 0 nitrogen and oxygen atoms in total. The van der Waals surface area contributed by atoms with Gasteiger partial charge < -0.3 is 0 Å². The fraction of sp³-hybridized carbons (Fsp3) is 0.154. The Kier molecular flexibility index (Phi) is 6.16. The minimum Gasteiger partial charge on any atom is -0.135 e. The van der Waals surface area contributed by atoms with E-state index >= 15 is 0 Å². The molecule has 0 spiro atoms. The summed E-state index contributed by atoms with van der Waals surface area (Å²) < 4.78 is 5.43. The molecule has 0 fully saturated rings. The van der Waals surface area contributed by atoms with E-state index in [1.807, 2.05) is 22.7 Å². The fourth-order valence-electron chi connectivity index (χ4n) is 10.8. The lowest BCUT2D eigenvalue weighted by Gasteiger charge is -2.33. The molecule has 2 aromatic heterocycles. The summed E-state index contributed by atoms with van der Waals surface area (Å²) in [6.45, 7) is 9.80. The summed E-state index contributed by atoms with van der Waals surface area (Å²) in [6.07, 6.45) is 5.04. The molecule has 3 aliphatic rings. The van der Waals surface area contributed by atoms with E-state index in [9.17, 15) is 0 Å². The Morgan fingerprint density at radius 2 is 1.06 bits per heavy atom. The van der Waals surface area contributed by atoms with Crippen molar-refractivity contribution in [2.24, 2.45) is 5.92 Å². The van der Waals surface area contributed by atoms with E-state index in [0.29, 0.717) is 11.8 Å². The van der Waals surface area contributed by atoms with Crippen LogP contribution in [0.3, 0.4) is 0 Å². The molecule has 0 saturated heterocycles. The van der Waals surface area contributed by atoms with Crippen molar-refractivity contribution in [1.29, 1.82) is 0 Å². The maximum Gasteiger partial charge on any atom is 0.0361 e. The predicted octanol–water partition coefficient (Wildman–Crippen LogP) is 15.1. The SMILES string of the molecule is CC1(C)c2cc(-c3cccc4sc5ccccc5c34)ccc2-c2c1ccc1c2C=CC2C1c1ccc(-c3cccc4sc5ccccc5c34)cc1C2(C)C. The normalized spacial score (nSPS) is 18.6. The molecular weight excluding hydrogens is 689 g/mol. The first-order valence-corrected chi connectivity index (χ1v) is 20.9. The molecule has 0 bridgehead atoms. The van der Waals surface area contributed by atoms with Crippen LogP contribution in [0.25, 0.3) is 79.8 Å². The number of thiophene rings is 2. The average Bonchev–Trinajstić information content (AvgIpc) is 3.90. The van der Waals surface area contributed by atoms with Crippen LogP contribution >= 0.6 is 22.7 Å². The maximum absolute atomic E-state index is 2.56. The number of hydrogen-bond donors (Lipinski definition) is 0. The Hall–Kier alpha value is -5.28. The zero-order chi connectivity index (χ0) is 36.1. The summed E-state index contributed by atoms with van der Waals surface area (Å²) in [5.74, 6) is 0.742. The Morgan fingerprint density at radius 3 is 1.72 bits per heavy atom. The highest BCUT2D eigenvalue weighted by atomic mass is 32.1. The Balaban J connectivity index is 0.997. The standard InChI is InChI=1S/C52H38S2/c1-51(2)39-25-23-34-33(47(39)35-21-19-29(27-41(35)51)31-13-9-17-45-49(31)37-11-5-7-15-43(37)53-45)24-26-40-48(34)36-22-20-30(28-42(36)52(40,3)4)32-14-10-18-46-50(32)38-12-6-8-16-44(38)54-46/h5-28,39,47H,1-4H3. The van der Waals surface area contributed by atoms with Crippen LogP contribution in [0.1, 0.15) is 67.0 Å². The molecule has 0 aliphatic heterocycles. The van der Waals surface area contributed by atoms with Crippen molar-refractivity contribution in [3.8, 4) is 33.4 Å². The molecule has 0 N–H and O–H groups in total. The monoisotopic (exact) mass is 726 g/mol. The van der Waals surface area contributed by atoms with Gasteiger partial charge in [0, 0.05) is 51.7 Å². The molecule has 0 amide bonds. The summed E-state index contributed by atoms with van der Waals surface area (Å²) in [6, 6.07) is 51.1. The van der Waals surface area contributed by atoms with Crippen molar-refractivity contribution in [1.82, 2.24) is 0 Å². The highest BCUT2D eigenvalue weighted by molar-refractivity contribution is 7.26. The number of benzene rings is 7. The van der Waals surface area contributed by atoms with Crippen LogP contribution in [-0.2, 0) is 10.8 Å². The second kappa shape index (κ2) is 10.7. The highest BCUT2D eigenvalue weighted by Gasteiger charge is 2.49. The van der Waals surface area contributed by atoms with Gasteiger partial charge in [-0.15, -0.1) is 22.7 Å². The van der Waals surface area contributed by atoms with Crippen LogP contribution in [0, 0.1) is 5.92 Å². The van der Waals surface area contributed by atoms with Gasteiger partial charge >= 0.3 is 0 Å². The molecule has 2 heteroatoms. The van der Waals surface area contributed by atoms with E-state index in [4.69, 9.17) is 0 Å². The molecule has 9 aromatic rings. The fourth-order valence-corrected chi connectivity index (χ4v) is 13.0. The highest BCUT2D eigenvalue weighted by Crippen LogP contribution is 2.60. The first-order chi connectivity index (χ1) is 26.3. The zero-order valence-corrected chi connectivity index (χ0v) is 32.5. The van der Waals surface area contributed by atoms with Gasteiger partial charge in [-0.05, 0) is 108 Å². The lowest BCUT2D eigenvalue weighted by Crippen LogP contribution is -2.26. The van der Waals surface area contributed by atoms with Crippen molar-refractivity contribution in [2.45, 2.75) is 44.4 Å². The third-order valence-corrected chi connectivity index (χ3v) is 15.7. The van der Waals surface area contributed by atoms with E-state index in [0.717, 1.165) is 0 Å². The lowest BCUT2D eigenvalue weighted by atomic mass is 9.69. The van der Waals surface area contributed by atoms with Gasteiger partial charge in [-0.2, -0.15) is 0 Å². The van der Waals surface area contributed by atoms with E-state index in [2.05, 4.69) is 173 Å². The van der Waals surface area contributed by atoms with Gasteiger partial charge in [0.2, 0.25) is 0 Å². The van der Waals surface area contributed by atoms with Gasteiger partial charge in [0.15, 0.2) is 0 Å². The topological polar surface area (TPSA) is 0 Å². The van der Waals surface area contributed by atoms with Gasteiger partial charge in [0.05, 0.1) is 0 Å².